The van der Waals surface area contributed by atoms with Gasteiger partial charge in [-0.05, 0) is 31.7 Å². The summed E-state index contributed by atoms with van der Waals surface area (Å²) in [5, 5.41) is -0.850. The number of sulfone groups is 1. The van der Waals surface area contributed by atoms with Crippen LogP contribution < -0.4 is 0 Å². The van der Waals surface area contributed by atoms with Gasteiger partial charge in [0.2, 0.25) is 0 Å². The number of methoxy groups -OCH3 is 1. The largest absolute Gasteiger partial charge is 0.466 e. The van der Waals surface area contributed by atoms with E-state index < -0.39 is 33.1 Å². The third kappa shape index (κ3) is 2.40. The van der Waals surface area contributed by atoms with Crippen molar-refractivity contribution in [2.24, 2.45) is 0 Å². The lowest BCUT2D eigenvalue weighted by atomic mass is 10.0. The van der Waals surface area contributed by atoms with Crippen molar-refractivity contribution in [2.45, 2.75) is 28.6 Å². The van der Waals surface area contributed by atoms with Crippen LogP contribution in [0.15, 0.2) is 46.9 Å². The van der Waals surface area contributed by atoms with E-state index in [0.717, 1.165) is 0 Å². The summed E-state index contributed by atoms with van der Waals surface area (Å²) in [6, 6.07) is 6.91. The molecule has 3 rings (SSSR count). The number of hydrogen-bond donors (Lipinski definition) is 0. The number of carbonyl (C=O) groups is 2. The minimum atomic E-state index is -3.67. The molecule has 122 valence electrons. The summed E-state index contributed by atoms with van der Waals surface area (Å²) < 4.78 is 30.7. The molecule has 1 saturated heterocycles. The first-order valence-electron chi connectivity index (χ1n) is 7.22. The molecule has 7 heteroatoms. The number of ketones is 1. The van der Waals surface area contributed by atoms with E-state index in [1.54, 1.807) is 30.1 Å². The lowest BCUT2D eigenvalue weighted by Gasteiger charge is -2.30. The number of ether oxygens (including phenoxy) is 1. The predicted octanol–water partition coefficient (Wildman–Crippen LogP) is 0.584. The number of rotatable bonds is 3. The molecule has 23 heavy (non-hydrogen) atoms. The lowest BCUT2D eigenvalue weighted by molar-refractivity contribution is -0.137. The van der Waals surface area contributed by atoms with Crippen LogP contribution in [0.2, 0.25) is 0 Å². The topological polar surface area (TPSA) is 80.8 Å². The van der Waals surface area contributed by atoms with Gasteiger partial charge in [-0.15, -0.1) is 0 Å². The molecule has 2 heterocycles. The predicted molar refractivity (Wildman–Crippen MR) is 82.5 cm³/mol. The average Bonchev–Trinajstić information content (AvgIpc) is 2.81. The van der Waals surface area contributed by atoms with Gasteiger partial charge in [0.1, 0.15) is 0 Å². The van der Waals surface area contributed by atoms with Gasteiger partial charge in [0.05, 0.1) is 34.9 Å². The molecule has 3 atom stereocenters. The maximum atomic E-state index is 13.0. The zero-order valence-corrected chi connectivity index (χ0v) is 13.6. The Morgan fingerprint density at radius 1 is 1.26 bits per heavy atom. The van der Waals surface area contributed by atoms with Crippen molar-refractivity contribution in [3.05, 3.63) is 42.0 Å². The highest BCUT2D eigenvalue weighted by Crippen LogP contribution is 2.39. The SMILES string of the molecule is COC(=O)C1=CC(=O)C2CC(S(=O)(=O)c3ccccc3)C1N2C. The van der Waals surface area contributed by atoms with Crippen molar-refractivity contribution in [3.63, 3.8) is 0 Å². The standard InChI is InChI=1S/C16H17NO5S/c1-17-12-9-14(23(20,21)10-6-4-3-5-7-10)15(17)11(8-13(12)18)16(19)22-2/h3-8,12,14-15H,9H2,1-2H3. The van der Waals surface area contributed by atoms with Crippen LogP contribution >= 0.6 is 0 Å². The van der Waals surface area contributed by atoms with E-state index in [2.05, 4.69) is 0 Å². The summed E-state index contributed by atoms with van der Waals surface area (Å²) in [5.74, 6) is -0.918. The molecule has 1 aromatic carbocycles. The lowest BCUT2D eigenvalue weighted by Crippen LogP contribution is -2.46. The summed E-state index contributed by atoms with van der Waals surface area (Å²) >= 11 is 0. The highest BCUT2D eigenvalue weighted by atomic mass is 32.2. The number of likely N-dealkylation sites (N-methyl/N-ethyl adjacent to an activating group) is 1. The minimum absolute atomic E-state index is 0.109. The fourth-order valence-corrected chi connectivity index (χ4v) is 5.42. The summed E-state index contributed by atoms with van der Waals surface area (Å²) in [6.07, 6.45) is 1.41. The molecule has 2 bridgehead atoms. The summed E-state index contributed by atoms with van der Waals surface area (Å²) in [6.45, 7) is 0. The summed E-state index contributed by atoms with van der Waals surface area (Å²) in [4.78, 5) is 26.0. The van der Waals surface area contributed by atoms with Crippen LogP contribution in [0.4, 0.5) is 0 Å². The number of hydrogen-bond acceptors (Lipinski definition) is 6. The molecule has 0 radical (unpaired) electrons. The van der Waals surface area contributed by atoms with E-state index in [-0.39, 0.29) is 22.7 Å². The third-order valence-corrected chi connectivity index (χ3v) is 6.75. The molecule has 0 saturated carbocycles. The zero-order valence-electron chi connectivity index (χ0n) is 12.8. The number of benzene rings is 1. The highest BCUT2D eigenvalue weighted by Gasteiger charge is 2.53. The Balaban J connectivity index is 2.08. The quantitative estimate of drug-likeness (QED) is 0.752. The molecule has 6 nitrogen and oxygen atoms in total. The maximum absolute atomic E-state index is 13.0. The van der Waals surface area contributed by atoms with Gasteiger partial charge in [0, 0.05) is 0 Å². The number of esters is 1. The average molecular weight is 335 g/mol. The Hall–Kier alpha value is -1.99. The summed E-state index contributed by atoms with van der Waals surface area (Å²) in [5.41, 5.74) is 0.109. The van der Waals surface area contributed by atoms with Gasteiger partial charge in [0.15, 0.2) is 15.6 Å². The highest BCUT2D eigenvalue weighted by molar-refractivity contribution is 7.92. The smallest absolute Gasteiger partial charge is 0.335 e. The van der Waals surface area contributed by atoms with Crippen LogP contribution in [0, 0.1) is 0 Å². The molecule has 2 aliphatic rings. The fraction of sp³-hybridized carbons (Fsp3) is 0.375. The molecular formula is C16H17NO5S. The number of nitrogens with zero attached hydrogens (tertiary/aromatic N) is 1. The van der Waals surface area contributed by atoms with Gasteiger partial charge in [-0.2, -0.15) is 0 Å². The van der Waals surface area contributed by atoms with Crippen molar-refractivity contribution in [3.8, 4) is 0 Å². The molecule has 0 aromatic heterocycles. The van der Waals surface area contributed by atoms with Crippen LogP contribution in [-0.2, 0) is 24.2 Å². The monoisotopic (exact) mass is 335 g/mol. The van der Waals surface area contributed by atoms with Crippen LogP contribution in [0.1, 0.15) is 6.42 Å². The van der Waals surface area contributed by atoms with Crippen molar-refractivity contribution in [1.29, 1.82) is 0 Å². The first kappa shape index (κ1) is 15.9. The van der Waals surface area contributed by atoms with Crippen LogP contribution in [0.25, 0.3) is 0 Å². The Labute approximate surface area is 134 Å². The number of carbonyl (C=O) groups excluding carboxylic acids is 2. The van der Waals surface area contributed by atoms with Crippen LogP contribution in [-0.4, -0.2) is 56.6 Å². The second-order valence-electron chi connectivity index (χ2n) is 5.75. The van der Waals surface area contributed by atoms with E-state index in [1.165, 1.54) is 25.3 Å². The van der Waals surface area contributed by atoms with Crippen molar-refractivity contribution in [2.75, 3.05) is 14.2 Å². The summed E-state index contributed by atoms with van der Waals surface area (Å²) in [7, 11) is -0.778. The van der Waals surface area contributed by atoms with Crippen LogP contribution in [0.3, 0.4) is 0 Å². The van der Waals surface area contributed by atoms with Gasteiger partial charge < -0.3 is 4.74 Å². The maximum Gasteiger partial charge on any atom is 0.335 e. The van der Waals surface area contributed by atoms with Gasteiger partial charge in [0.25, 0.3) is 0 Å². The molecule has 3 unspecified atom stereocenters. The van der Waals surface area contributed by atoms with Crippen molar-refractivity contribution >= 4 is 21.6 Å². The Morgan fingerprint density at radius 3 is 2.52 bits per heavy atom. The molecule has 0 amide bonds. The first-order valence-corrected chi connectivity index (χ1v) is 8.77. The van der Waals surface area contributed by atoms with E-state index in [1.807, 2.05) is 0 Å². The van der Waals surface area contributed by atoms with E-state index in [4.69, 9.17) is 4.74 Å². The van der Waals surface area contributed by atoms with Crippen molar-refractivity contribution < 1.29 is 22.7 Å². The van der Waals surface area contributed by atoms with Gasteiger partial charge >= 0.3 is 5.97 Å². The molecule has 0 spiro atoms. The van der Waals surface area contributed by atoms with Gasteiger partial charge in [-0.25, -0.2) is 13.2 Å². The third-order valence-electron chi connectivity index (χ3n) is 4.57. The fourth-order valence-electron chi connectivity index (χ4n) is 3.42. The molecule has 0 aliphatic carbocycles. The van der Waals surface area contributed by atoms with Crippen molar-refractivity contribution in [1.82, 2.24) is 4.90 Å². The molecule has 1 fully saturated rings. The van der Waals surface area contributed by atoms with Gasteiger partial charge in [-0.3, -0.25) is 9.69 Å². The zero-order chi connectivity index (χ0) is 16.8. The second kappa shape index (κ2) is 5.58. The molecule has 0 N–H and O–H groups in total. The second-order valence-corrected chi connectivity index (χ2v) is 7.92. The van der Waals surface area contributed by atoms with E-state index >= 15 is 0 Å². The Morgan fingerprint density at radius 2 is 1.91 bits per heavy atom. The Bertz CT molecular complexity index is 784. The number of fused-ring (bicyclic) bond motifs is 2. The normalized spacial score (nSPS) is 27.7. The van der Waals surface area contributed by atoms with Crippen LogP contribution in [0.5, 0.6) is 0 Å². The van der Waals surface area contributed by atoms with Gasteiger partial charge in [-0.1, -0.05) is 18.2 Å². The first-order chi connectivity index (χ1) is 10.9. The van der Waals surface area contributed by atoms with E-state index in [9.17, 15) is 18.0 Å². The molecule has 2 aliphatic heterocycles. The molecule has 1 aromatic rings. The van der Waals surface area contributed by atoms with E-state index in [0.29, 0.717) is 0 Å². The minimum Gasteiger partial charge on any atom is -0.466 e. The Kier molecular flexibility index (Phi) is 3.85. The molecular weight excluding hydrogens is 318 g/mol.